The molecule has 0 N–H and O–H groups in total. The van der Waals surface area contributed by atoms with E-state index in [1.54, 1.807) is 0 Å². The summed E-state index contributed by atoms with van der Waals surface area (Å²) in [5.41, 5.74) is 7.97. The quantitative estimate of drug-likeness (QED) is 0.185. The molecule has 0 bridgehead atoms. The molecule has 0 saturated heterocycles. The molecule has 0 unspecified atom stereocenters. The van der Waals surface area contributed by atoms with E-state index < -0.39 is 8.07 Å². The number of benzene rings is 7. The maximum absolute atomic E-state index is 5.11. The van der Waals surface area contributed by atoms with Crippen molar-refractivity contribution in [3.05, 3.63) is 152 Å². The lowest BCUT2D eigenvalue weighted by atomic mass is 9.97. The van der Waals surface area contributed by atoms with Gasteiger partial charge in [-0.3, -0.25) is 0 Å². The zero-order valence-corrected chi connectivity index (χ0v) is 27.3. The molecule has 0 saturated carbocycles. The monoisotopic (exact) mass is 617 g/mol. The highest BCUT2D eigenvalue weighted by atomic mass is 28.3. The van der Waals surface area contributed by atoms with Crippen LogP contribution in [0.3, 0.4) is 0 Å². The Bertz CT molecular complexity index is 2480. The molecule has 0 radical (unpaired) electrons. The fourth-order valence-electron chi connectivity index (χ4n) is 7.38. The van der Waals surface area contributed by atoms with Crippen LogP contribution >= 0.6 is 0 Å². The van der Waals surface area contributed by atoms with Gasteiger partial charge in [-0.05, 0) is 60.2 Å². The van der Waals surface area contributed by atoms with Crippen LogP contribution in [0.4, 0.5) is 0 Å². The molecule has 0 spiro atoms. The maximum Gasteiger partial charge on any atom is 0.164 e. The second-order valence-corrected chi connectivity index (χ2v) is 17.2. The molecule has 1 aliphatic rings. The number of nitrogens with zero attached hydrogens (tertiary/aromatic N) is 3. The molecule has 1 aromatic heterocycles. The van der Waals surface area contributed by atoms with Gasteiger partial charge in [0, 0.05) is 16.7 Å². The third-order valence-corrected chi connectivity index (χ3v) is 13.3. The van der Waals surface area contributed by atoms with Gasteiger partial charge >= 0.3 is 0 Å². The molecule has 0 fully saturated rings. The van der Waals surface area contributed by atoms with E-state index in [1.165, 1.54) is 54.2 Å². The molecule has 9 rings (SSSR count). The summed E-state index contributed by atoms with van der Waals surface area (Å²) in [6, 6.07) is 54.0. The zero-order valence-electron chi connectivity index (χ0n) is 26.3. The molecule has 47 heavy (non-hydrogen) atoms. The van der Waals surface area contributed by atoms with Gasteiger partial charge < -0.3 is 0 Å². The number of rotatable bonds is 4. The Morgan fingerprint density at radius 3 is 1.68 bits per heavy atom. The Morgan fingerprint density at radius 2 is 0.936 bits per heavy atom. The molecule has 0 aliphatic carbocycles. The Morgan fingerprint density at radius 1 is 0.383 bits per heavy atom. The summed E-state index contributed by atoms with van der Waals surface area (Å²) in [5.74, 6) is 2.02. The van der Waals surface area contributed by atoms with Crippen molar-refractivity contribution in [2.24, 2.45) is 0 Å². The van der Waals surface area contributed by atoms with Gasteiger partial charge in [-0.25, -0.2) is 15.0 Å². The Kier molecular flexibility index (Phi) is 6.27. The van der Waals surface area contributed by atoms with Crippen molar-refractivity contribution in [3.63, 3.8) is 0 Å². The van der Waals surface area contributed by atoms with Gasteiger partial charge in [0.05, 0.1) is 0 Å². The van der Waals surface area contributed by atoms with Gasteiger partial charge in [-0.2, -0.15) is 0 Å². The van der Waals surface area contributed by atoms with E-state index in [0.717, 1.165) is 16.7 Å². The van der Waals surface area contributed by atoms with Gasteiger partial charge in [0.1, 0.15) is 8.07 Å². The smallest absolute Gasteiger partial charge is 0.164 e. The predicted molar refractivity (Wildman–Crippen MR) is 199 cm³/mol. The summed E-state index contributed by atoms with van der Waals surface area (Å²) in [4.78, 5) is 15.2. The minimum absolute atomic E-state index is 0.667. The summed E-state index contributed by atoms with van der Waals surface area (Å²) < 4.78 is 0. The summed E-state index contributed by atoms with van der Waals surface area (Å²) in [7, 11) is -1.90. The van der Waals surface area contributed by atoms with Crippen molar-refractivity contribution in [1.29, 1.82) is 0 Å². The van der Waals surface area contributed by atoms with Crippen molar-refractivity contribution in [3.8, 4) is 56.4 Å². The average Bonchev–Trinajstić information content (AvgIpc) is 3.37. The van der Waals surface area contributed by atoms with Gasteiger partial charge in [0.15, 0.2) is 17.5 Å². The van der Waals surface area contributed by atoms with Crippen LogP contribution in [0.1, 0.15) is 0 Å². The van der Waals surface area contributed by atoms with Gasteiger partial charge in [-0.1, -0.05) is 159 Å². The highest BCUT2D eigenvalue weighted by molar-refractivity contribution is 7.05. The lowest BCUT2D eigenvalue weighted by molar-refractivity contribution is 1.07. The van der Waals surface area contributed by atoms with Gasteiger partial charge in [-0.15, -0.1) is 0 Å². The first-order valence-electron chi connectivity index (χ1n) is 16.1. The molecule has 0 atom stereocenters. The molecule has 8 aromatic rings. The predicted octanol–water partition coefficient (Wildman–Crippen LogP) is 9.65. The third-order valence-electron chi connectivity index (χ3n) is 9.71. The average molecular weight is 618 g/mol. The highest BCUT2D eigenvalue weighted by Gasteiger charge is 2.39. The van der Waals surface area contributed by atoms with E-state index in [1.807, 2.05) is 18.2 Å². The maximum atomic E-state index is 5.11. The number of hydrogen-bond acceptors (Lipinski definition) is 3. The minimum atomic E-state index is -1.90. The Labute approximate surface area is 275 Å². The fourth-order valence-corrected chi connectivity index (χ4v) is 10.8. The number of aromatic nitrogens is 3. The van der Waals surface area contributed by atoms with Crippen molar-refractivity contribution in [1.82, 2.24) is 15.0 Å². The van der Waals surface area contributed by atoms with Crippen LogP contribution in [0.5, 0.6) is 0 Å². The van der Waals surface area contributed by atoms with E-state index in [0.29, 0.717) is 17.5 Å². The van der Waals surface area contributed by atoms with Crippen molar-refractivity contribution in [2.75, 3.05) is 0 Å². The molecule has 4 heteroatoms. The van der Waals surface area contributed by atoms with Crippen LogP contribution in [0.15, 0.2) is 152 Å². The first kappa shape index (κ1) is 27.6. The number of hydrogen-bond donors (Lipinski definition) is 0. The van der Waals surface area contributed by atoms with Crippen LogP contribution in [-0.4, -0.2) is 23.0 Å². The molecule has 3 nitrogen and oxygen atoms in total. The first-order valence-corrected chi connectivity index (χ1v) is 19.1. The standard InChI is InChI=1S/C43H31N3Si/c1-47(2)39-26-24-33(27-38(39)37-25-23-29-12-7-9-17-36(29)40(37)47)43-45-41(31-13-4-3-5-14-31)44-42(46-43)32-21-19-30(20-22-32)35-18-10-15-28-11-6-8-16-34(28)35/h3-27H,1-2H3. The molecular weight excluding hydrogens is 587 g/mol. The summed E-state index contributed by atoms with van der Waals surface area (Å²) in [6.07, 6.45) is 0. The summed E-state index contributed by atoms with van der Waals surface area (Å²) in [6.45, 7) is 4.94. The van der Waals surface area contributed by atoms with Crippen LogP contribution in [-0.2, 0) is 0 Å². The van der Waals surface area contributed by atoms with Crippen molar-refractivity contribution < 1.29 is 0 Å². The zero-order chi connectivity index (χ0) is 31.5. The first-order chi connectivity index (χ1) is 23.0. The van der Waals surface area contributed by atoms with E-state index in [-0.39, 0.29) is 0 Å². The van der Waals surface area contributed by atoms with Crippen LogP contribution in [0, 0.1) is 0 Å². The second-order valence-electron chi connectivity index (χ2n) is 12.9. The van der Waals surface area contributed by atoms with Crippen molar-refractivity contribution in [2.45, 2.75) is 13.1 Å². The summed E-state index contributed by atoms with van der Waals surface area (Å²) in [5, 5.41) is 8.15. The van der Waals surface area contributed by atoms with Crippen LogP contribution < -0.4 is 10.4 Å². The molecule has 7 aromatic carbocycles. The van der Waals surface area contributed by atoms with E-state index in [9.17, 15) is 0 Å². The highest BCUT2D eigenvalue weighted by Crippen LogP contribution is 2.35. The Balaban J connectivity index is 1.18. The second kappa shape index (κ2) is 10.7. The topological polar surface area (TPSA) is 38.7 Å². The summed E-state index contributed by atoms with van der Waals surface area (Å²) >= 11 is 0. The SMILES string of the molecule is C[Si]1(C)c2ccc(-c3nc(-c4ccccc4)nc(-c4ccc(-c5cccc6ccccc56)cc4)n3)cc2-c2ccc3ccccc3c21. The molecule has 2 heterocycles. The van der Waals surface area contributed by atoms with Crippen molar-refractivity contribution >= 4 is 40.0 Å². The van der Waals surface area contributed by atoms with Crippen LogP contribution in [0.2, 0.25) is 13.1 Å². The van der Waals surface area contributed by atoms with Crippen LogP contribution in [0.25, 0.3) is 78.0 Å². The van der Waals surface area contributed by atoms with Gasteiger partial charge in [0.25, 0.3) is 0 Å². The largest absolute Gasteiger partial charge is 0.208 e. The molecule has 222 valence electrons. The lowest BCUT2D eigenvalue weighted by Gasteiger charge is -2.20. The normalized spacial score (nSPS) is 13.1. The lowest BCUT2D eigenvalue weighted by Crippen LogP contribution is -2.49. The fraction of sp³-hybridized carbons (Fsp3) is 0.0465. The minimum Gasteiger partial charge on any atom is -0.208 e. The van der Waals surface area contributed by atoms with Gasteiger partial charge in [0.2, 0.25) is 0 Å². The van der Waals surface area contributed by atoms with E-state index in [2.05, 4.69) is 147 Å². The Hall–Kier alpha value is -5.71. The number of fused-ring (bicyclic) bond motifs is 6. The molecule has 1 aliphatic heterocycles. The van der Waals surface area contributed by atoms with E-state index >= 15 is 0 Å². The molecule has 0 amide bonds. The third kappa shape index (κ3) is 4.52. The van der Waals surface area contributed by atoms with E-state index in [4.69, 9.17) is 15.0 Å². The molecular formula is C43H31N3Si.